The van der Waals surface area contributed by atoms with Crippen LogP contribution in [0, 0.1) is 0 Å². The fourth-order valence-electron chi connectivity index (χ4n) is 0. The summed E-state index contributed by atoms with van der Waals surface area (Å²) in [7, 11) is 0. The predicted molar refractivity (Wildman–Crippen MR) is 10.8 cm³/mol. The Kier molecular flexibility index (Phi) is 23700. The molecule has 3 nitrogen and oxygen atoms in total. The number of halogens is 1. The Morgan fingerprint density at radius 1 is 0.600 bits per heavy atom. The van der Waals surface area contributed by atoms with Crippen LogP contribution in [0.2, 0.25) is 0 Å². The van der Waals surface area contributed by atoms with Gasteiger partial charge in [0.25, 0.3) is 0 Å². The quantitative estimate of drug-likeness (QED) is 0.415. The molecule has 0 amide bonds. The Bertz CT molecular complexity index is 6.85. The molecule has 5 heteroatoms. The average molecular weight is 259 g/mol. The van der Waals surface area contributed by atoms with Gasteiger partial charge in [-0.3, -0.25) is 0 Å². The van der Waals surface area contributed by atoms with Gasteiger partial charge in [-0.1, -0.05) is 0 Å². The van der Waals surface area contributed by atoms with E-state index in [9.17, 15) is 0 Å². The van der Waals surface area contributed by atoms with E-state index in [1.54, 1.807) is 0 Å². The normalized spacial score (nSPS) is 0. The molecule has 0 aromatic carbocycles. The summed E-state index contributed by atoms with van der Waals surface area (Å²) >= 11 is 0. The zero-order valence-electron chi connectivity index (χ0n) is 2.26. The molecule has 0 atom stereocenters. The van der Waals surface area contributed by atoms with Gasteiger partial charge >= 0.3 is 0 Å². The average Bonchev–Trinajstić information content (AvgIpc) is 0. The third-order valence-electron chi connectivity index (χ3n) is 0. The summed E-state index contributed by atoms with van der Waals surface area (Å²) in [5, 5.41) is 0. The van der Waals surface area contributed by atoms with Gasteiger partial charge in [-0.05, 0) is 0 Å². The molecule has 0 aromatic heterocycles. The van der Waals surface area contributed by atoms with Crippen LogP contribution in [0.1, 0.15) is 0 Å². The molecule has 0 unspecified atom stereocenters. The molecule has 0 aliphatic heterocycles. The second-order valence-corrected chi connectivity index (χ2v) is 0. The Morgan fingerprint density at radius 3 is 0.600 bits per heavy atom. The SMILES string of the molecule is O.O.O.[F-].[Re]. The molecule has 5 heavy (non-hydrogen) atoms. The molecule has 6 N–H and O–H groups in total. The summed E-state index contributed by atoms with van der Waals surface area (Å²) in [6.45, 7) is 0. The number of rotatable bonds is 0. The zero-order chi connectivity index (χ0) is 0. The van der Waals surface area contributed by atoms with Crippen LogP contribution in [0.25, 0.3) is 0 Å². The second kappa shape index (κ2) is 242. The zero-order valence-corrected chi connectivity index (χ0v) is 4.97. The van der Waals surface area contributed by atoms with E-state index < -0.39 is 0 Å². The molecule has 0 heterocycles. The van der Waals surface area contributed by atoms with Gasteiger partial charge in [0.1, 0.15) is 0 Å². The third-order valence-corrected chi connectivity index (χ3v) is 0. The Hall–Kier alpha value is 0.472. The summed E-state index contributed by atoms with van der Waals surface area (Å²) in [5.41, 5.74) is 0. The molecule has 39 valence electrons. The van der Waals surface area contributed by atoms with E-state index in [1.165, 1.54) is 0 Å². The minimum absolute atomic E-state index is 0. The van der Waals surface area contributed by atoms with Crippen LogP contribution in [-0.2, 0) is 20.4 Å². The first-order chi connectivity index (χ1) is 0. The molecule has 1 radical (unpaired) electrons. The van der Waals surface area contributed by atoms with Gasteiger partial charge < -0.3 is 21.1 Å². The van der Waals surface area contributed by atoms with Gasteiger partial charge in [0.05, 0.1) is 0 Å². The number of hydrogen-bond acceptors (Lipinski definition) is 0. The maximum absolute atomic E-state index is 0. The van der Waals surface area contributed by atoms with Crippen molar-refractivity contribution in [3.63, 3.8) is 0 Å². The van der Waals surface area contributed by atoms with Gasteiger partial charge in [-0.15, -0.1) is 0 Å². The molecular weight excluding hydrogens is 253 g/mol. The van der Waals surface area contributed by atoms with E-state index in [-0.39, 0.29) is 41.6 Å². The molecular formula is H6FO3Re-. The van der Waals surface area contributed by atoms with E-state index in [4.69, 9.17) is 0 Å². The first-order valence-electron chi connectivity index (χ1n) is 0. The fourth-order valence-corrected chi connectivity index (χ4v) is 0. The van der Waals surface area contributed by atoms with E-state index >= 15 is 0 Å². The van der Waals surface area contributed by atoms with Crippen molar-refractivity contribution in [2.45, 2.75) is 0 Å². The summed E-state index contributed by atoms with van der Waals surface area (Å²) in [5.74, 6) is 0. The topological polar surface area (TPSA) is 94.5 Å². The van der Waals surface area contributed by atoms with Crippen molar-refractivity contribution >= 4 is 0 Å². The summed E-state index contributed by atoms with van der Waals surface area (Å²) < 4.78 is 0. The van der Waals surface area contributed by atoms with Gasteiger partial charge in [-0.2, -0.15) is 0 Å². The van der Waals surface area contributed by atoms with Gasteiger partial charge in [0.2, 0.25) is 0 Å². The molecule has 0 fully saturated rings. The van der Waals surface area contributed by atoms with Gasteiger partial charge in [-0.25, -0.2) is 0 Å². The van der Waals surface area contributed by atoms with Crippen LogP contribution >= 0.6 is 0 Å². The first-order valence-corrected chi connectivity index (χ1v) is 0. The standard InChI is InChI=1S/FH.3H2O.Re/h1H;3*1H2;/p-1. The van der Waals surface area contributed by atoms with Crippen LogP contribution in [0.3, 0.4) is 0 Å². The van der Waals surface area contributed by atoms with Crippen LogP contribution in [0.15, 0.2) is 0 Å². The van der Waals surface area contributed by atoms with Gasteiger partial charge in [0.15, 0.2) is 0 Å². The van der Waals surface area contributed by atoms with E-state index in [2.05, 4.69) is 0 Å². The van der Waals surface area contributed by atoms with Crippen molar-refractivity contribution in [1.29, 1.82) is 0 Å². The van der Waals surface area contributed by atoms with Crippen LogP contribution in [-0.4, -0.2) is 16.4 Å². The van der Waals surface area contributed by atoms with Crippen molar-refractivity contribution in [2.75, 3.05) is 0 Å². The maximum atomic E-state index is 0. The second-order valence-electron chi connectivity index (χ2n) is 0. The van der Waals surface area contributed by atoms with E-state index in [0.29, 0.717) is 0 Å². The Labute approximate surface area is 42.3 Å². The molecule has 0 aliphatic carbocycles. The van der Waals surface area contributed by atoms with Crippen LogP contribution in [0.4, 0.5) is 0 Å². The molecule has 0 spiro atoms. The van der Waals surface area contributed by atoms with Crippen molar-refractivity contribution < 1.29 is 41.6 Å². The smallest absolute Gasteiger partial charge is 0 e. The molecule has 0 aliphatic rings. The fraction of sp³-hybridized carbons (Fsp3) is 0. The van der Waals surface area contributed by atoms with Crippen molar-refractivity contribution in [2.24, 2.45) is 0 Å². The number of hydrogen-bond donors (Lipinski definition) is 0. The monoisotopic (exact) mass is 260 g/mol. The first kappa shape index (κ1) is 491. The minimum atomic E-state index is 0. The molecule has 0 rings (SSSR count). The third kappa shape index (κ3) is 123. The molecule has 0 saturated carbocycles. The van der Waals surface area contributed by atoms with Crippen molar-refractivity contribution in [3.8, 4) is 0 Å². The molecule has 0 bridgehead atoms. The predicted octanol–water partition coefficient (Wildman–Crippen LogP) is -5.47. The van der Waals surface area contributed by atoms with Crippen LogP contribution < -0.4 is 4.70 Å². The maximum Gasteiger partial charge on any atom is 0 e. The summed E-state index contributed by atoms with van der Waals surface area (Å²) in [6.07, 6.45) is 0. The van der Waals surface area contributed by atoms with Crippen LogP contribution in [0.5, 0.6) is 0 Å². The van der Waals surface area contributed by atoms with Gasteiger partial charge in [0, 0.05) is 20.4 Å². The van der Waals surface area contributed by atoms with Crippen molar-refractivity contribution in [3.05, 3.63) is 0 Å². The summed E-state index contributed by atoms with van der Waals surface area (Å²) in [6, 6.07) is 0. The Balaban J connectivity index is 0. The minimum Gasteiger partial charge on any atom is -1.00 e. The molecule has 0 aromatic rings. The summed E-state index contributed by atoms with van der Waals surface area (Å²) in [4.78, 5) is 0. The van der Waals surface area contributed by atoms with E-state index in [0.717, 1.165) is 0 Å². The van der Waals surface area contributed by atoms with E-state index in [1.807, 2.05) is 0 Å². The Morgan fingerprint density at radius 2 is 0.600 bits per heavy atom. The van der Waals surface area contributed by atoms with Crippen molar-refractivity contribution in [1.82, 2.24) is 0 Å². The molecule has 0 saturated heterocycles. The largest absolute Gasteiger partial charge is 1.00 e.